The van der Waals surface area contributed by atoms with Crippen LogP contribution in [0.1, 0.15) is 37.3 Å². The molecule has 38 heavy (non-hydrogen) atoms. The van der Waals surface area contributed by atoms with Crippen molar-refractivity contribution in [3.63, 3.8) is 0 Å². The lowest BCUT2D eigenvalue weighted by Gasteiger charge is -2.31. The number of amides is 2. The molecule has 4 unspecified atom stereocenters. The Morgan fingerprint density at radius 2 is 1.74 bits per heavy atom. The van der Waals surface area contributed by atoms with Crippen LogP contribution >= 0.6 is 0 Å². The third-order valence-electron chi connectivity index (χ3n) is 8.25. The Bertz CT molecular complexity index is 1510. The zero-order valence-corrected chi connectivity index (χ0v) is 20.4. The molecule has 3 aromatic carbocycles. The molecule has 4 atom stereocenters. The van der Waals surface area contributed by atoms with Crippen molar-refractivity contribution in [2.45, 2.75) is 43.6 Å². The fraction of sp³-hybridized carbons (Fsp3) is 0.345. The normalized spacial score (nSPS) is 28.1. The van der Waals surface area contributed by atoms with E-state index in [1.807, 2.05) is 19.1 Å². The van der Waals surface area contributed by atoms with Crippen LogP contribution in [0.3, 0.4) is 0 Å². The van der Waals surface area contributed by atoms with Gasteiger partial charge in [0.25, 0.3) is 0 Å². The Hall–Kier alpha value is -3.90. The Kier molecular flexibility index (Phi) is 5.34. The maximum absolute atomic E-state index is 13.9. The molecule has 6 nitrogen and oxygen atoms in total. The van der Waals surface area contributed by atoms with Crippen molar-refractivity contribution in [2.75, 3.05) is 11.5 Å². The first-order chi connectivity index (χ1) is 18.1. The molecule has 0 radical (unpaired) electrons. The smallest absolute Gasteiger partial charge is 0.416 e. The van der Waals surface area contributed by atoms with E-state index in [2.05, 4.69) is 6.07 Å². The Labute approximate surface area is 216 Å². The summed E-state index contributed by atoms with van der Waals surface area (Å²) in [5.41, 5.74) is -1.99. The average Bonchev–Trinajstić information content (AvgIpc) is 3.47. The zero-order valence-electron chi connectivity index (χ0n) is 20.4. The lowest BCUT2D eigenvalue weighted by molar-refractivity contribution is -0.137. The second-order valence-corrected chi connectivity index (χ2v) is 10.4. The number of rotatable bonds is 5. The highest BCUT2D eigenvalue weighted by atomic mass is 19.4. The summed E-state index contributed by atoms with van der Waals surface area (Å²) in [6.45, 7) is 1.95. The molecule has 9 heteroatoms. The van der Waals surface area contributed by atoms with Crippen LogP contribution in [-0.4, -0.2) is 29.6 Å². The summed E-state index contributed by atoms with van der Waals surface area (Å²) in [4.78, 5) is 28.8. The second-order valence-electron chi connectivity index (χ2n) is 10.4. The molecule has 0 N–H and O–H groups in total. The first-order valence-electron chi connectivity index (χ1n) is 12.4. The third-order valence-corrected chi connectivity index (χ3v) is 8.25. The number of hydrogen-bond donors (Lipinski definition) is 0. The van der Waals surface area contributed by atoms with Gasteiger partial charge >= 0.3 is 6.18 Å². The summed E-state index contributed by atoms with van der Waals surface area (Å²) in [6.07, 6.45) is -3.00. The molecule has 0 aliphatic carbocycles. The van der Waals surface area contributed by atoms with Gasteiger partial charge in [-0.2, -0.15) is 18.4 Å². The molecular weight excluding hydrogens is 497 g/mol. The standard InChI is InChI=1S/C29H23F3N2O4/c1-27-12-13-28(38-27,14-15-37-19-9-7-18(8-10-19)29(30,31)32)24-23(27)25(35)34(26(24)36)22-11-6-17-4-2-3-5-20(17)21(22)16-33/h2-11,23-24H,12-15H2,1H3. The van der Waals surface area contributed by atoms with Gasteiger partial charge in [-0.15, -0.1) is 0 Å². The van der Waals surface area contributed by atoms with Crippen LogP contribution in [0.15, 0.2) is 60.7 Å². The van der Waals surface area contributed by atoms with E-state index in [0.29, 0.717) is 24.6 Å². The van der Waals surface area contributed by atoms with E-state index in [1.165, 1.54) is 12.1 Å². The Morgan fingerprint density at radius 1 is 1.03 bits per heavy atom. The van der Waals surface area contributed by atoms with Gasteiger partial charge in [0.05, 0.1) is 46.5 Å². The quantitative estimate of drug-likeness (QED) is 0.408. The number of nitriles is 1. The number of benzene rings is 3. The molecule has 0 saturated carbocycles. The van der Waals surface area contributed by atoms with Crippen LogP contribution in [0.4, 0.5) is 18.9 Å². The van der Waals surface area contributed by atoms with Crippen molar-refractivity contribution < 1.29 is 32.2 Å². The average molecular weight is 521 g/mol. The van der Waals surface area contributed by atoms with E-state index >= 15 is 0 Å². The van der Waals surface area contributed by atoms with Gasteiger partial charge in [-0.05, 0) is 55.5 Å². The van der Waals surface area contributed by atoms with Gasteiger partial charge in [0.1, 0.15) is 11.8 Å². The Balaban J connectivity index is 1.27. The van der Waals surface area contributed by atoms with Crippen molar-refractivity contribution in [3.05, 3.63) is 71.8 Å². The summed E-state index contributed by atoms with van der Waals surface area (Å²) in [7, 11) is 0. The van der Waals surface area contributed by atoms with Crippen molar-refractivity contribution >= 4 is 28.3 Å². The van der Waals surface area contributed by atoms with Crippen molar-refractivity contribution in [1.29, 1.82) is 5.26 Å². The third kappa shape index (κ3) is 3.51. The van der Waals surface area contributed by atoms with E-state index in [1.54, 1.807) is 24.3 Å². The molecule has 3 saturated heterocycles. The minimum Gasteiger partial charge on any atom is -0.493 e. The highest BCUT2D eigenvalue weighted by Gasteiger charge is 2.74. The van der Waals surface area contributed by atoms with Crippen LogP contribution < -0.4 is 9.64 Å². The van der Waals surface area contributed by atoms with Gasteiger partial charge in [0.2, 0.25) is 11.8 Å². The first kappa shape index (κ1) is 24.4. The van der Waals surface area contributed by atoms with Crippen LogP contribution in [0.2, 0.25) is 0 Å². The molecule has 2 bridgehead atoms. The van der Waals surface area contributed by atoms with Crippen LogP contribution in [0, 0.1) is 23.2 Å². The molecule has 194 valence electrons. The highest BCUT2D eigenvalue weighted by molar-refractivity contribution is 6.24. The number of nitrogens with zero attached hydrogens (tertiary/aromatic N) is 2. The van der Waals surface area contributed by atoms with Crippen LogP contribution in [-0.2, 0) is 20.5 Å². The van der Waals surface area contributed by atoms with E-state index < -0.39 is 40.7 Å². The monoisotopic (exact) mass is 520 g/mol. The predicted octanol–water partition coefficient (Wildman–Crippen LogP) is 5.63. The molecule has 3 heterocycles. The van der Waals surface area contributed by atoms with Crippen LogP contribution in [0.5, 0.6) is 5.75 Å². The Morgan fingerprint density at radius 3 is 2.45 bits per heavy atom. The summed E-state index contributed by atoms with van der Waals surface area (Å²) in [6, 6.07) is 17.3. The number of ether oxygens (including phenoxy) is 2. The summed E-state index contributed by atoms with van der Waals surface area (Å²) in [5.74, 6) is -1.92. The second kappa shape index (κ2) is 8.30. The molecule has 3 aliphatic rings. The van der Waals surface area contributed by atoms with Crippen LogP contribution in [0.25, 0.3) is 10.8 Å². The summed E-state index contributed by atoms with van der Waals surface area (Å²) in [5, 5.41) is 11.4. The molecule has 3 aliphatic heterocycles. The number of imide groups is 1. The number of halogens is 3. The maximum atomic E-state index is 13.9. The van der Waals surface area contributed by atoms with Gasteiger partial charge in [-0.3, -0.25) is 9.59 Å². The zero-order chi connectivity index (χ0) is 26.9. The molecule has 0 aromatic heterocycles. The fourth-order valence-electron chi connectivity index (χ4n) is 6.49. The van der Waals surface area contributed by atoms with Crippen molar-refractivity contribution in [2.24, 2.45) is 11.8 Å². The number of alkyl halides is 3. The number of hydrogen-bond acceptors (Lipinski definition) is 5. The van der Waals surface area contributed by atoms with E-state index in [9.17, 15) is 28.0 Å². The predicted molar refractivity (Wildman–Crippen MR) is 131 cm³/mol. The van der Waals surface area contributed by atoms with E-state index in [4.69, 9.17) is 9.47 Å². The molecule has 2 amide bonds. The molecular formula is C29H23F3N2O4. The lowest BCUT2D eigenvalue weighted by atomic mass is 9.67. The number of anilines is 1. The minimum absolute atomic E-state index is 0.103. The SMILES string of the molecule is CC12CCC(CCOc3ccc(C(F)(F)F)cc3)(O1)C1C(=O)N(c3ccc4ccccc4c3C#N)C(=O)C12. The fourth-order valence-corrected chi connectivity index (χ4v) is 6.49. The van der Waals surface area contributed by atoms with Crippen molar-refractivity contribution in [1.82, 2.24) is 0 Å². The van der Waals surface area contributed by atoms with E-state index in [0.717, 1.165) is 22.4 Å². The summed E-state index contributed by atoms with van der Waals surface area (Å²) >= 11 is 0. The van der Waals surface area contributed by atoms with Crippen molar-refractivity contribution in [3.8, 4) is 11.8 Å². The highest BCUT2D eigenvalue weighted by Crippen LogP contribution is 2.62. The van der Waals surface area contributed by atoms with Gasteiger partial charge in [-0.25, -0.2) is 4.90 Å². The van der Waals surface area contributed by atoms with Gasteiger partial charge in [0, 0.05) is 11.8 Å². The number of fused-ring (bicyclic) bond motifs is 6. The number of carbonyl (C=O) groups is 2. The summed E-state index contributed by atoms with van der Waals surface area (Å²) < 4.78 is 50.7. The van der Waals surface area contributed by atoms with Gasteiger partial charge in [-0.1, -0.05) is 30.3 Å². The largest absolute Gasteiger partial charge is 0.493 e. The molecule has 3 fully saturated rings. The topological polar surface area (TPSA) is 79.6 Å². The first-order valence-corrected chi connectivity index (χ1v) is 12.4. The van der Waals surface area contributed by atoms with Gasteiger partial charge in [0.15, 0.2) is 0 Å². The minimum atomic E-state index is -4.43. The molecule has 3 aromatic rings. The molecule has 0 spiro atoms. The molecule has 6 rings (SSSR count). The van der Waals surface area contributed by atoms with E-state index in [-0.39, 0.29) is 29.5 Å². The number of carbonyl (C=O) groups excluding carboxylic acids is 2. The maximum Gasteiger partial charge on any atom is 0.416 e. The lowest BCUT2D eigenvalue weighted by Crippen LogP contribution is -2.43. The van der Waals surface area contributed by atoms with Gasteiger partial charge < -0.3 is 9.47 Å².